The number of Topliss-reactive ketones (excluding diaryl/α,β-unsaturated/α-hetero) is 2. The van der Waals surface area contributed by atoms with E-state index in [4.69, 9.17) is 4.74 Å². The zero-order chi connectivity index (χ0) is 19.6. The van der Waals surface area contributed by atoms with Gasteiger partial charge in [0, 0.05) is 59.3 Å². The summed E-state index contributed by atoms with van der Waals surface area (Å²) in [6.07, 6.45) is 6.85. The zero-order valence-electron chi connectivity index (χ0n) is 16.0. The molecule has 2 aromatic rings. The van der Waals surface area contributed by atoms with E-state index in [-0.39, 0.29) is 17.7 Å². The van der Waals surface area contributed by atoms with Crippen LogP contribution in [0.3, 0.4) is 0 Å². The molecule has 8 nitrogen and oxygen atoms in total. The van der Waals surface area contributed by atoms with Gasteiger partial charge in [-0.05, 0) is 12.8 Å². The lowest BCUT2D eigenvalue weighted by Crippen LogP contribution is -2.13. The molecular weight excluding hydrogens is 348 g/mol. The number of ether oxygens (including phenoxy) is 1. The molecule has 2 unspecified atom stereocenters. The quantitative estimate of drug-likeness (QED) is 0.755. The van der Waals surface area contributed by atoms with E-state index < -0.39 is 6.10 Å². The van der Waals surface area contributed by atoms with E-state index in [0.717, 1.165) is 29.8 Å². The topological polar surface area (TPSA) is 99.2 Å². The van der Waals surface area contributed by atoms with Crippen LogP contribution in [0.5, 0.6) is 0 Å². The molecule has 0 spiro atoms. The number of hydrogen-bond donors (Lipinski definition) is 1. The third-order valence-corrected chi connectivity index (χ3v) is 4.99. The van der Waals surface area contributed by atoms with E-state index in [9.17, 15) is 14.7 Å². The third kappa shape index (κ3) is 4.51. The Labute approximate surface area is 158 Å². The molecule has 2 aliphatic carbocycles. The van der Waals surface area contributed by atoms with E-state index in [1.807, 2.05) is 7.05 Å². The number of hydrogen-bond acceptors (Lipinski definition) is 6. The molecule has 0 saturated heterocycles. The van der Waals surface area contributed by atoms with Crippen molar-refractivity contribution in [2.24, 2.45) is 14.1 Å². The van der Waals surface area contributed by atoms with Crippen LogP contribution in [0.15, 0.2) is 12.4 Å². The molecule has 2 aliphatic rings. The van der Waals surface area contributed by atoms with Crippen molar-refractivity contribution < 1.29 is 19.4 Å². The summed E-state index contributed by atoms with van der Waals surface area (Å²) in [5.74, 6) is 0.285. The number of fused-ring (bicyclic) bond motifs is 2. The summed E-state index contributed by atoms with van der Waals surface area (Å²) < 4.78 is 8.60. The van der Waals surface area contributed by atoms with E-state index in [1.54, 1.807) is 35.9 Å². The molecule has 27 heavy (non-hydrogen) atoms. The Hall–Kier alpha value is -2.32. The SMILES string of the molecule is COC1CCC(=O)c2cn(C)nc2C1.Cn1cc2c(n1)CC(O)CCC2=O. The molecule has 0 aromatic carbocycles. The number of aromatic nitrogens is 4. The van der Waals surface area contributed by atoms with Gasteiger partial charge in [-0.1, -0.05) is 0 Å². The summed E-state index contributed by atoms with van der Waals surface area (Å²) in [6.45, 7) is 0. The van der Waals surface area contributed by atoms with Gasteiger partial charge in [0.2, 0.25) is 0 Å². The minimum absolute atomic E-state index is 0.0969. The van der Waals surface area contributed by atoms with Crippen LogP contribution in [0.1, 0.15) is 57.8 Å². The number of aliphatic hydroxyl groups is 1. The second kappa shape index (κ2) is 8.14. The van der Waals surface area contributed by atoms with Crippen molar-refractivity contribution in [1.82, 2.24) is 19.6 Å². The standard InChI is InChI=1S/C10H14N2O2.C9H12N2O2/c1-12-6-8-9(11-12)5-7(14-2)3-4-10(8)13;1-11-5-7-8(10-11)4-6(12)2-3-9(7)13/h6-7H,3-5H2,1-2H3;5-6,12H,2-4H2,1H3. The van der Waals surface area contributed by atoms with E-state index in [1.165, 1.54) is 0 Å². The molecule has 0 aliphatic heterocycles. The summed E-state index contributed by atoms with van der Waals surface area (Å²) in [5.41, 5.74) is 3.06. The first-order valence-electron chi connectivity index (χ1n) is 9.19. The number of rotatable bonds is 1. The first kappa shape index (κ1) is 19.4. The van der Waals surface area contributed by atoms with E-state index in [2.05, 4.69) is 10.2 Å². The van der Waals surface area contributed by atoms with Gasteiger partial charge in [-0.3, -0.25) is 19.0 Å². The molecule has 2 atom stereocenters. The lowest BCUT2D eigenvalue weighted by Gasteiger charge is -2.09. The van der Waals surface area contributed by atoms with Crippen LogP contribution in [0.2, 0.25) is 0 Å². The Morgan fingerprint density at radius 3 is 2.04 bits per heavy atom. The Balaban J connectivity index is 0.000000156. The molecule has 2 aromatic heterocycles. The predicted octanol–water partition coefficient (Wildman–Crippen LogP) is 1.25. The van der Waals surface area contributed by atoms with Gasteiger partial charge in [0.25, 0.3) is 0 Å². The normalized spacial score (nSPS) is 22.2. The van der Waals surface area contributed by atoms with Gasteiger partial charge in [-0.15, -0.1) is 0 Å². The first-order valence-corrected chi connectivity index (χ1v) is 9.19. The second-order valence-corrected chi connectivity index (χ2v) is 7.17. The maximum Gasteiger partial charge on any atom is 0.166 e. The molecule has 0 amide bonds. The van der Waals surface area contributed by atoms with Gasteiger partial charge in [0.1, 0.15) is 0 Å². The van der Waals surface area contributed by atoms with Gasteiger partial charge in [0.15, 0.2) is 11.6 Å². The molecule has 146 valence electrons. The van der Waals surface area contributed by atoms with Gasteiger partial charge >= 0.3 is 0 Å². The highest BCUT2D eigenvalue weighted by Gasteiger charge is 2.24. The number of aliphatic hydroxyl groups excluding tert-OH is 1. The summed E-state index contributed by atoms with van der Waals surface area (Å²) in [6, 6.07) is 0. The van der Waals surface area contributed by atoms with Crippen LogP contribution >= 0.6 is 0 Å². The molecule has 0 fully saturated rings. The molecular formula is C19H26N4O4. The van der Waals surface area contributed by atoms with Crippen molar-refractivity contribution in [2.75, 3.05) is 7.11 Å². The van der Waals surface area contributed by atoms with Crippen molar-refractivity contribution in [3.05, 3.63) is 34.9 Å². The number of methoxy groups -OCH3 is 1. The molecule has 1 N–H and O–H groups in total. The van der Waals surface area contributed by atoms with Crippen LogP contribution in [0, 0.1) is 0 Å². The van der Waals surface area contributed by atoms with Crippen LogP contribution in [0.25, 0.3) is 0 Å². The maximum absolute atomic E-state index is 11.7. The van der Waals surface area contributed by atoms with Gasteiger partial charge in [0.05, 0.1) is 34.7 Å². The van der Waals surface area contributed by atoms with Crippen LogP contribution in [-0.4, -0.2) is 55.6 Å². The average molecular weight is 374 g/mol. The highest BCUT2D eigenvalue weighted by atomic mass is 16.5. The van der Waals surface area contributed by atoms with E-state index >= 15 is 0 Å². The number of carbonyl (C=O) groups excluding carboxylic acids is 2. The van der Waals surface area contributed by atoms with Crippen molar-refractivity contribution in [2.45, 2.75) is 50.7 Å². The van der Waals surface area contributed by atoms with Gasteiger partial charge in [-0.25, -0.2) is 0 Å². The first-order chi connectivity index (χ1) is 12.9. The number of aryl methyl sites for hydroxylation is 2. The monoisotopic (exact) mass is 374 g/mol. The lowest BCUT2D eigenvalue weighted by atomic mass is 10.1. The average Bonchev–Trinajstić information content (AvgIpc) is 3.10. The van der Waals surface area contributed by atoms with Crippen LogP contribution in [-0.2, 0) is 31.7 Å². The number of nitrogens with zero attached hydrogens (tertiary/aromatic N) is 4. The minimum Gasteiger partial charge on any atom is -0.393 e. The van der Waals surface area contributed by atoms with E-state index in [0.29, 0.717) is 31.2 Å². The second-order valence-electron chi connectivity index (χ2n) is 7.17. The Morgan fingerprint density at radius 2 is 1.48 bits per heavy atom. The number of ketones is 2. The molecule has 4 rings (SSSR count). The summed E-state index contributed by atoms with van der Waals surface area (Å²) in [7, 11) is 5.31. The summed E-state index contributed by atoms with van der Waals surface area (Å²) in [5, 5.41) is 17.9. The Morgan fingerprint density at radius 1 is 0.963 bits per heavy atom. The van der Waals surface area contributed by atoms with Crippen molar-refractivity contribution in [1.29, 1.82) is 0 Å². The lowest BCUT2D eigenvalue weighted by molar-refractivity contribution is 0.0847. The van der Waals surface area contributed by atoms with Gasteiger partial charge in [-0.2, -0.15) is 10.2 Å². The fourth-order valence-corrected chi connectivity index (χ4v) is 3.54. The highest BCUT2D eigenvalue weighted by Crippen LogP contribution is 2.21. The minimum atomic E-state index is -0.417. The van der Waals surface area contributed by atoms with Crippen molar-refractivity contribution in [3.63, 3.8) is 0 Å². The maximum atomic E-state index is 11.7. The summed E-state index contributed by atoms with van der Waals surface area (Å²) >= 11 is 0. The van der Waals surface area contributed by atoms with Crippen LogP contribution in [0.4, 0.5) is 0 Å². The third-order valence-electron chi connectivity index (χ3n) is 4.99. The highest BCUT2D eigenvalue weighted by molar-refractivity contribution is 5.97. The van der Waals surface area contributed by atoms with Crippen molar-refractivity contribution in [3.8, 4) is 0 Å². The van der Waals surface area contributed by atoms with Crippen molar-refractivity contribution >= 4 is 11.6 Å². The van der Waals surface area contributed by atoms with Crippen LogP contribution < -0.4 is 0 Å². The molecule has 2 heterocycles. The largest absolute Gasteiger partial charge is 0.393 e. The van der Waals surface area contributed by atoms with Gasteiger partial charge < -0.3 is 9.84 Å². The molecule has 0 saturated carbocycles. The smallest absolute Gasteiger partial charge is 0.166 e. The fourth-order valence-electron chi connectivity index (χ4n) is 3.54. The fraction of sp³-hybridized carbons (Fsp3) is 0.579. The molecule has 8 heteroatoms. The Bertz CT molecular complexity index is 839. The predicted molar refractivity (Wildman–Crippen MR) is 97.8 cm³/mol. The Kier molecular flexibility index (Phi) is 5.86. The number of carbonyl (C=O) groups is 2. The summed E-state index contributed by atoms with van der Waals surface area (Å²) in [4.78, 5) is 23.2. The molecule has 0 bridgehead atoms. The zero-order valence-corrected chi connectivity index (χ0v) is 16.0. The molecule has 0 radical (unpaired) electrons.